The van der Waals surface area contributed by atoms with Gasteiger partial charge in [-0.25, -0.2) is 0 Å². The molecule has 1 fully saturated rings. The predicted octanol–water partition coefficient (Wildman–Crippen LogP) is 2.59. The maximum Gasteiger partial charge on any atom is 0.120 e. The second-order valence-corrected chi connectivity index (χ2v) is 3.87. The molecule has 15 heavy (non-hydrogen) atoms. The Bertz CT molecular complexity index is 342. The van der Waals surface area contributed by atoms with E-state index in [1.807, 2.05) is 12.1 Å². The highest BCUT2D eigenvalue weighted by atomic mass is 16.5. The minimum atomic E-state index is 0.466. The summed E-state index contributed by atoms with van der Waals surface area (Å²) in [5, 5.41) is 0. The average molecular weight is 203 g/mol. The van der Waals surface area contributed by atoms with E-state index in [1.165, 1.54) is 18.4 Å². The summed E-state index contributed by atoms with van der Waals surface area (Å²) in [4.78, 5) is 0. The first-order chi connectivity index (χ1) is 7.38. The van der Waals surface area contributed by atoms with Crippen molar-refractivity contribution in [3.8, 4) is 5.75 Å². The Morgan fingerprint density at radius 2 is 2.27 bits per heavy atom. The first kappa shape index (κ1) is 10.2. The molecule has 0 heterocycles. The molecule has 80 valence electrons. The number of ether oxygens (including phenoxy) is 1. The summed E-state index contributed by atoms with van der Waals surface area (Å²) in [6.45, 7) is 0.703. The van der Waals surface area contributed by atoms with E-state index in [4.69, 9.17) is 10.5 Å². The number of hydrogen-bond acceptors (Lipinski definition) is 2. The normalized spacial score (nSPS) is 15.8. The molecule has 1 aliphatic rings. The summed E-state index contributed by atoms with van der Waals surface area (Å²) in [5.41, 5.74) is 6.60. The van der Waals surface area contributed by atoms with Crippen LogP contribution in [0.5, 0.6) is 5.75 Å². The minimum absolute atomic E-state index is 0.466. The van der Waals surface area contributed by atoms with Crippen LogP contribution in [0.4, 0.5) is 0 Å². The van der Waals surface area contributed by atoms with Gasteiger partial charge >= 0.3 is 0 Å². The molecule has 0 amide bonds. The molecule has 2 N–H and O–H groups in total. The fraction of sp³-hybridized carbons (Fsp3) is 0.385. The van der Waals surface area contributed by atoms with Crippen molar-refractivity contribution in [2.45, 2.75) is 25.4 Å². The summed E-state index contributed by atoms with van der Waals surface area (Å²) in [6.07, 6.45) is 7.98. The van der Waals surface area contributed by atoms with Crippen molar-refractivity contribution in [2.24, 2.45) is 5.73 Å². The highest BCUT2D eigenvalue weighted by Gasteiger charge is 2.23. The third-order valence-corrected chi connectivity index (χ3v) is 2.33. The molecule has 2 heteroatoms. The number of hydrogen-bond donors (Lipinski definition) is 1. The Morgan fingerprint density at radius 1 is 1.40 bits per heavy atom. The van der Waals surface area contributed by atoms with E-state index in [2.05, 4.69) is 24.3 Å². The van der Waals surface area contributed by atoms with Crippen LogP contribution >= 0.6 is 0 Å². The van der Waals surface area contributed by atoms with Gasteiger partial charge in [0.05, 0.1) is 6.10 Å². The van der Waals surface area contributed by atoms with Crippen molar-refractivity contribution in [3.05, 3.63) is 35.9 Å². The van der Waals surface area contributed by atoms with Crippen LogP contribution in [0.25, 0.3) is 6.08 Å². The van der Waals surface area contributed by atoms with E-state index in [-0.39, 0.29) is 0 Å². The lowest BCUT2D eigenvalue weighted by atomic mass is 10.2. The largest absolute Gasteiger partial charge is 0.490 e. The highest BCUT2D eigenvalue weighted by molar-refractivity contribution is 5.51. The molecule has 2 rings (SSSR count). The summed E-state index contributed by atoms with van der Waals surface area (Å²) < 4.78 is 5.71. The third-order valence-electron chi connectivity index (χ3n) is 2.33. The van der Waals surface area contributed by atoms with E-state index in [0.717, 1.165) is 12.2 Å². The molecule has 1 aliphatic carbocycles. The smallest absolute Gasteiger partial charge is 0.120 e. The van der Waals surface area contributed by atoms with Gasteiger partial charge in [0, 0.05) is 0 Å². The number of rotatable bonds is 5. The molecule has 0 spiro atoms. The highest BCUT2D eigenvalue weighted by Crippen LogP contribution is 2.27. The fourth-order valence-electron chi connectivity index (χ4n) is 1.39. The Kier molecular flexibility index (Phi) is 3.41. The Labute approximate surface area is 90.7 Å². The fourth-order valence-corrected chi connectivity index (χ4v) is 1.39. The molecule has 0 unspecified atom stereocenters. The van der Waals surface area contributed by atoms with Gasteiger partial charge in [-0.3, -0.25) is 0 Å². The SMILES string of the molecule is NCC/C=C/c1cccc(OC2CC2)c1. The van der Waals surface area contributed by atoms with Crippen molar-refractivity contribution < 1.29 is 4.74 Å². The Balaban J connectivity index is 1.97. The zero-order valence-corrected chi connectivity index (χ0v) is 8.86. The van der Waals surface area contributed by atoms with Gasteiger partial charge in [0.2, 0.25) is 0 Å². The first-order valence-electron chi connectivity index (χ1n) is 5.52. The van der Waals surface area contributed by atoms with Gasteiger partial charge in [-0.15, -0.1) is 0 Å². The molecule has 0 saturated heterocycles. The van der Waals surface area contributed by atoms with Crippen LogP contribution in [-0.4, -0.2) is 12.6 Å². The van der Waals surface area contributed by atoms with Gasteiger partial charge < -0.3 is 10.5 Å². The summed E-state index contributed by atoms with van der Waals surface area (Å²) >= 11 is 0. The summed E-state index contributed by atoms with van der Waals surface area (Å²) in [5.74, 6) is 0.979. The van der Waals surface area contributed by atoms with Gasteiger partial charge in [0.25, 0.3) is 0 Å². The molecule has 0 radical (unpaired) electrons. The Morgan fingerprint density at radius 3 is 3.00 bits per heavy atom. The van der Waals surface area contributed by atoms with Gasteiger partial charge in [0.15, 0.2) is 0 Å². The van der Waals surface area contributed by atoms with Crippen LogP contribution in [0.2, 0.25) is 0 Å². The lowest BCUT2D eigenvalue weighted by Gasteiger charge is -2.04. The minimum Gasteiger partial charge on any atom is -0.490 e. The monoisotopic (exact) mass is 203 g/mol. The molecule has 1 saturated carbocycles. The van der Waals surface area contributed by atoms with E-state index in [0.29, 0.717) is 12.6 Å². The van der Waals surface area contributed by atoms with Crippen molar-refractivity contribution >= 4 is 6.08 Å². The zero-order valence-electron chi connectivity index (χ0n) is 8.86. The summed E-state index contributed by atoms with van der Waals surface area (Å²) in [7, 11) is 0. The van der Waals surface area contributed by atoms with E-state index in [1.54, 1.807) is 0 Å². The van der Waals surface area contributed by atoms with E-state index < -0.39 is 0 Å². The average Bonchev–Trinajstić information content (AvgIpc) is 3.03. The van der Waals surface area contributed by atoms with Gasteiger partial charge in [-0.2, -0.15) is 0 Å². The van der Waals surface area contributed by atoms with Crippen LogP contribution in [0.15, 0.2) is 30.3 Å². The molecule has 1 aromatic rings. The standard InChI is InChI=1S/C13H17NO/c14-9-2-1-4-11-5-3-6-13(10-11)15-12-7-8-12/h1,3-6,10,12H,2,7-9,14H2/b4-1+. The van der Waals surface area contributed by atoms with Crippen LogP contribution in [0.3, 0.4) is 0 Å². The second-order valence-electron chi connectivity index (χ2n) is 3.87. The number of nitrogens with two attached hydrogens (primary N) is 1. The van der Waals surface area contributed by atoms with Crippen molar-refractivity contribution in [2.75, 3.05) is 6.54 Å². The first-order valence-corrected chi connectivity index (χ1v) is 5.52. The quantitative estimate of drug-likeness (QED) is 0.798. The third kappa shape index (κ3) is 3.40. The number of benzene rings is 1. The molecule has 2 nitrogen and oxygen atoms in total. The van der Waals surface area contributed by atoms with Crippen molar-refractivity contribution in [1.82, 2.24) is 0 Å². The summed E-state index contributed by atoms with van der Waals surface area (Å²) in [6, 6.07) is 8.19. The molecule has 0 aliphatic heterocycles. The maximum atomic E-state index is 5.71. The van der Waals surface area contributed by atoms with Crippen LogP contribution in [0, 0.1) is 0 Å². The molecule has 0 aromatic heterocycles. The zero-order chi connectivity index (χ0) is 10.5. The van der Waals surface area contributed by atoms with Crippen LogP contribution in [0.1, 0.15) is 24.8 Å². The van der Waals surface area contributed by atoms with Gasteiger partial charge in [0.1, 0.15) is 5.75 Å². The molecule has 0 bridgehead atoms. The lowest BCUT2D eigenvalue weighted by molar-refractivity contribution is 0.303. The van der Waals surface area contributed by atoms with Gasteiger partial charge in [-0.05, 0) is 43.5 Å². The molecule has 1 aromatic carbocycles. The second kappa shape index (κ2) is 4.99. The lowest BCUT2D eigenvalue weighted by Crippen LogP contribution is -1.96. The van der Waals surface area contributed by atoms with E-state index in [9.17, 15) is 0 Å². The topological polar surface area (TPSA) is 35.2 Å². The van der Waals surface area contributed by atoms with Crippen LogP contribution in [-0.2, 0) is 0 Å². The molecular weight excluding hydrogens is 186 g/mol. The maximum absolute atomic E-state index is 5.71. The van der Waals surface area contributed by atoms with Crippen molar-refractivity contribution in [3.63, 3.8) is 0 Å². The molecular formula is C13H17NO. The van der Waals surface area contributed by atoms with E-state index >= 15 is 0 Å². The molecule has 0 atom stereocenters. The van der Waals surface area contributed by atoms with Gasteiger partial charge in [-0.1, -0.05) is 24.3 Å². The van der Waals surface area contributed by atoms with Crippen LogP contribution < -0.4 is 10.5 Å². The van der Waals surface area contributed by atoms with Crippen molar-refractivity contribution in [1.29, 1.82) is 0 Å². The Hall–Kier alpha value is -1.28. The predicted molar refractivity (Wildman–Crippen MR) is 62.8 cm³/mol.